The van der Waals surface area contributed by atoms with Gasteiger partial charge in [-0.2, -0.15) is 0 Å². The van der Waals surface area contributed by atoms with E-state index in [0.717, 1.165) is 12.5 Å². The van der Waals surface area contributed by atoms with Crippen LogP contribution in [0.15, 0.2) is 0 Å². The lowest BCUT2D eigenvalue weighted by molar-refractivity contribution is 0.172. The SMILES string of the molecule is CCCC1CCN(C[C@H](C)N)CC1. The Morgan fingerprint density at radius 2 is 2.00 bits per heavy atom. The topological polar surface area (TPSA) is 29.3 Å². The number of rotatable bonds is 4. The van der Waals surface area contributed by atoms with Crippen molar-refractivity contribution in [2.45, 2.75) is 45.6 Å². The first-order valence-corrected chi connectivity index (χ1v) is 5.70. The van der Waals surface area contributed by atoms with Crippen molar-refractivity contribution in [3.05, 3.63) is 0 Å². The molecule has 0 saturated carbocycles. The largest absolute Gasteiger partial charge is 0.327 e. The highest BCUT2D eigenvalue weighted by Crippen LogP contribution is 2.21. The molecule has 13 heavy (non-hydrogen) atoms. The van der Waals surface area contributed by atoms with Crippen molar-refractivity contribution in [2.75, 3.05) is 19.6 Å². The Kier molecular flexibility index (Phi) is 4.74. The fourth-order valence-corrected chi connectivity index (χ4v) is 2.27. The fourth-order valence-electron chi connectivity index (χ4n) is 2.27. The summed E-state index contributed by atoms with van der Waals surface area (Å²) in [5.74, 6) is 0.995. The Hall–Kier alpha value is -0.0800. The van der Waals surface area contributed by atoms with Crippen molar-refractivity contribution in [1.82, 2.24) is 4.90 Å². The molecule has 0 radical (unpaired) electrons. The van der Waals surface area contributed by atoms with Gasteiger partial charge in [-0.15, -0.1) is 0 Å². The van der Waals surface area contributed by atoms with Gasteiger partial charge >= 0.3 is 0 Å². The van der Waals surface area contributed by atoms with E-state index in [9.17, 15) is 0 Å². The fraction of sp³-hybridized carbons (Fsp3) is 1.00. The van der Waals surface area contributed by atoms with Crippen LogP contribution in [0.3, 0.4) is 0 Å². The van der Waals surface area contributed by atoms with Crippen molar-refractivity contribution in [3.8, 4) is 0 Å². The van der Waals surface area contributed by atoms with E-state index < -0.39 is 0 Å². The Morgan fingerprint density at radius 3 is 2.46 bits per heavy atom. The molecular weight excluding hydrogens is 160 g/mol. The zero-order valence-corrected chi connectivity index (χ0v) is 9.13. The van der Waals surface area contributed by atoms with E-state index in [2.05, 4.69) is 18.7 Å². The van der Waals surface area contributed by atoms with Crippen LogP contribution < -0.4 is 5.73 Å². The average Bonchev–Trinajstić information content (AvgIpc) is 2.08. The third kappa shape index (κ3) is 4.10. The van der Waals surface area contributed by atoms with Crippen LogP contribution in [0.5, 0.6) is 0 Å². The van der Waals surface area contributed by atoms with E-state index in [4.69, 9.17) is 5.73 Å². The van der Waals surface area contributed by atoms with E-state index in [-0.39, 0.29) is 0 Å². The summed E-state index contributed by atoms with van der Waals surface area (Å²) in [6.07, 6.45) is 5.55. The standard InChI is InChI=1S/C11H24N2/c1-3-4-11-5-7-13(8-6-11)9-10(2)12/h10-11H,3-9,12H2,1-2H3/t10-/m0/s1. The Balaban J connectivity index is 2.15. The van der Waals surface area contributed by atoms with E-state index in [0.29, 0.717) is 6.04 Å². The summed E-state index contributed by atoms with van der Waals surface area (Å²) in [6.45, 7) is 8.00. The quantitative estimate of drug-likeness (QED) is 0.722. The minimum absolute atomic E-state index is 0.336. The van der Waals surface area contributed by atoms with Crippen LogP contribution >= 0.6 is 0 Å². The van der Waals surface area contributed by atoms with Gasteiger partial charge in [0.2, 0.25) is 0 Å². The molecule has 0 aliphatic carbocycles. The molecule has 0 aromatic rings. The van der Waals surface area contributed by atoms with Crippen LogP contribution in [0.2, 0.25) is 0 Å². The number of nitrogens with zero attached hydrogens (tertiary/aromatic N) is 1. The van der Waals surface area contributed by atoms with E-state index in [1.165, 1.54) is 38.8 Å². The van der Waals surface area contributed by atoms with Crippen molar-refractivity contribution in [2.24, 2.45) is 11.7 Å². The maximum absolute atomic E-state index is 5.77. The highest BCUT2D eigenvalue weighted by Gasteiger charge is 2.18. The van der Waals surface area contributed by atoms with Gasteiger partial charge < -0.3 is 10.6 Å². The second-order valence-electron chi connectivity index (χ2n) is 4.51. The molecule has 2 nitrogen and oxygen atoms in total. The number of piperidine rings is 1. The molecular formula is C11H24N2. The smallest absolute Gasteiger partial charge is 0.0139 e. The van der Waals surface area contributed by atoms with Crippen LogP contribution in [-0.2, 0) is 0 Å². The Bertz CT molecular complexity index is 126. The lowest BCUT2D eigenvalue weighted by atomic mass is 9.92. The predicted octanol–water partition coefficient (Wildman–Crippen LogP) is 1.85. The summed E-state index contributed by atoms with van der Waals surface area (Å²) >= 11 is 0. The molecule has 1 saturated heterocycles. The molecule has 1 aliphatic rings. The summed E-state index contributed by atoms with van der Waals surface area (Å²) in [7, 11) is 0. The molecule has 0 aromatic heterocycles. The summed E-state index contributed by atoms with van der Waals surface area (Å²) in [5.41, 5.74) is 5.77. The van der Waals surface area contributed by atoms with Crippen molar-refractivity contribution in [1.29, 1.82) is 0 Å². The van der Waals surface area contributed by atoms with Gasteiger partial charge in [0.1, 0.15) is 0 Å². The second-order valence-corrected chi connectivity index (χ2v) is 4.51. The first kappa shape index (κ1) is 11.0. The molecule has 0 unspecified atom stereocenters. The van der Waals surface area contributed by atoms with Gasteiger partial charge in [-0.1, -0.05) is 19.8 Å². The molecule has 2 N–H and O–H groups in total. The molecule has 0 spiro atoms. The van der Waals surface area contributed by atoms with Gasteiger partial charge in [0, 0.05) is 12.6 Å². The summed E-state index contributed by atoms with van der Waals surface area (Å²) in [6, 6.07) is 0.336. The molecule has 1 aliphatic heterocycles. The normalized spacial score (nSPS) is 23.3. The zero-order chi connectivity index (χ0) is 9.68. The molecule has 2 heteroatoms. The maximum atomic E-state index is 5.77. The van der Waals surface area contributed by atoms with Crippen LogP contribution in [-0.4, -0.2) is 30.6 Å². The van der Waals surface area contributed by atoms with Crippen LogP contribution in [0.25, 0.3) is 0 Å². The average molecular weight is 184 g/mol. The van der Waals surface area contributed by atoms with E-state index >= 15 is 0 Å². The minimum atomic E-state index is 0.336. The van der Waals surface area contributed by atoms with E-state index in [1.54, 1.807) is 0 Å². The molecule has 0 bridgehead atoms. The maximum Gasteiger partial charge on any atom is 0.0139 e. The lowest BCUT2D eigenvalue weighted by Crippen LogP contribution is -2.40. The number of nitrogens with two attached hydrogens (primary N) is 1. The molecule has 1 rings (SSSR count). The van der Waals surface area contributed by atoms with E-state index in [1.807, 2.05) is 0 Å². The van der Waals surface area contributed by atoms with Gasteiger partial charge in [0.25, 0.3) is 0 Å². The van der Waals surface area contributed by atoms with Crippen molar-refractivity contribution < 1.29 is 0 Å². The zero-order valence-electron chi connectivity index (χ0n) is 9.13. The van der Waals surface area contributed by atoms with Crippen LogP contribution in [0, 0.1) is 5.92 Å². The molecule has 0 amide bonds. The highest BCUT2D eigenvalue weighted by molar-refractivity contribution is 4.73. The van der Waals surface area contributed by atoms with Gasteiger partial charge in [0.15, 0.2) is 0 Å². The Morgan fingerprint density at radius 1 is 1.38 bits per heavy atom. The number of likely N-dealkylation sites (tertiary alicyclic amines) is 1. The predicted molar refractivity (Wildman–Crippen MR) is 57.7 cm³/mol. The summed E-state index contributed by atoms with van der Waals surface area (Å²) in [5, 5.41) is 0. The molecule has 1 heterocycles. The number of hydrogen-bond donors (Lipinski definition) is 1. The van der Waals surface area contributed by atoms with Gasteiger partial charge in [-0.3, -0.25) is 0 Å². The third-order valence-corrected chi connectivity index (χ3v) is 2.95. The van der Waals surface area contributed by atoms with Crippen molar-refractivity contribution >= 4 is 0 Å². The number of hydrogen-bond acceptors (Lipinski definition) is 2. The molecule has 78 valence electrons. The van der Waals surface area contributed by atoms with Gasteiger partial charge in [-0.25, -0.2) is 0 Å². The van der Waals surface area contributed by atoms with Crippen LogP contribution in [0.1, 0.15) is 39.5 Å². The minimum Gasteiger partial charge on any atom is -0.327 e. The first-order chi connectivity index (χ1) is 6.22. The summed E-state index contributed by atoms with van der Waals surface area (Å²) < 4.78 is 0. The Labute approximate surface area is 82.5 Å². The van der Waals surface area contributed by atoms with Gasteiger partial charge in [-0.05, 0) is 38.8 Å². The monoisotopic (exact) mass is 184 g/mol. The van der Waals surface area contributed by atoms with Gasteiger partial charge in [0.05, 0.1) is 0 Å². The highest BCUT2D eigenvalue weighted by atomic mass is 15.1. The summed E-state index contributed by atoms with van der Waals surface area (Å²) in [4.78, 5) is 2.51. The van der Waals surface area contributed by atoms with Crippen molar-refractivity contribution in [3.63, 3.8) is 0 Å². The van der Waals surface area contributed by atoms with Crippen LogP contribution in [0.4, 0.5) is 0 Å². The molecule has 0 aromatic carbocycles. The molecule has 1 atom stereocenters. The molecule has 1 fully saturated rings. The first-order valence-electron chi connectivity index (χ1n) is 5.70. The lowest BCUT2D eigenvalue weighted by Gasteiger charge is -2.32. The third-order valence-electron chi connectivity index (χ3n) is 2.95. The second kappa shape index (κ2) is 5.61.